The van der Waals surface area contributed by atoms with Crippen LogP contribution in [0.2, 0.25) is 0 Å². The SMILES string of the molecule is CCc1ncc2c([nH]c3ccccc32)c1C(=O)OC. The Labute approximate surface area is 110 Å². The summed E-state index contributed by atoms with van der Waals surface area (Å²) in [5.74, 6) is -0.346. The number of aromatic amines is 1. The molecule has 2 aromatic heterocycles. The topological polar surface area (TPSA) is 55.0 Å². The van der Waals surface area contributed by atoms with E-state index in [9.17, 15) is 4.79 Å². The Morgan fingerprint density at radius 3 is 2.84 bits per heavy atom. The van der Waals surface area contributed by atoms with Gasteiger partial charge in [0.1, 0.15) is 5.56 Å². The first-order chi connectivity index (χ1) is 9.26. The Bertz CT molecular complexity index is 774. The molecule has 0 bridgehead atoms. The lowest BCUT2D eigenvalue weighted by molar-refractivity contribution is 0.0601. The van der Waals surface area contributed by atoms with Crippen LogP contribution in [0, 0.1) is 0 Å². The summed E-state index contributed by atoms with van der Waals surface area (Å²) in [7, 11) is 1.39. The first-order valence-electron chi connectivity index (χ1n) is 6.22. The van der Waals surface area contributed by atoms with Gasteiger partial charge in [-0.1, -0.05) is 25.1 Å². The molecule has 2 heterocycles. The number of nitrogens with zero attached hydrogens (tertiary/aromatic N) is 1. The molecule has 0 fully saturated rings. The fourth-order valence-corrected chi connectivity index (χ4v) is 2.44. The molecule has 4 nitrogen and oxygen atoms in total. The molecule has 4 heteroatoms. The highest BCUT2D eigenvalue weighted by Gasteiger charge is 2.19. The van der Waals surface area contributed by atoms with Crippen molar-refractivity contribution in [1.29, 1.82) is 0 Å². The van der Waals surface area contributed by atoms with E-state index in [-0.39, 0.29) is 5.97 Å². The van der Waals surface area contributed by atoms with Gasteiger partial charge in [0.15, 0.2) is 0 Å². The summed E-state index contributed by atoms with van der Waals surface area (Å²) < 4.78 is 4.88. The van der Waals surface area contributed by atoms with Crippen LogP contribution in [0.1, 0.15) is 23.0 Å². The molecule has 0 saturated heterocycles. The zero-order chi connectivity index (χ0) is 13.4. The molecular formula is C15H14N2O2. The van der Waals surface area contributed by atoms with Gasteiger partial charge < -0.3 is 9.72 Å². The van der Waals surface area contributed by atoms with Gasteiger partial charge in [-0.25, -0.2) is 4.79 Å². The first kappa shape index (κ1) is 11.7. The molecule has 1 N–H and O–H groups in total. The number of hydrogen-bond donors (Lipinski definition) is 1. The fraction of sp³-hybridized carbons (Fsp3) is 0.200. The molecule has 0 amide bonds. The van der Waals surface area contributed by atoms with E-state index < -0.39 is 0 Å². The number of esters is 1. The smallest absolute Gasteiger partial charge is 0.341 e. The molecular weight excluding hydrogens is 240 g/mol. The third-order valence-corrected chi connectivity index (χ3v) is 3.36. The van der Waals surface area contributed by atoms with Crippen molar-refractivity contribution in [2.24, 2.45) is 0 Å². The average Bonchev–Trinajstić information content (AvgIpc) is 2.83. The van der Waals surface area contributed by atoms with Crippen LogP contribution in [0.25, 0.3) is 21.8 Å². The molecule has 0 aliphatic heterocycles. The van der Waals surface area contributed by atoms with E-state index in [4.69, 9.17) is 4.74 Å². The molecule has 0 spiro atoms. The number of fused-ring (bicyclic) bond motifs is 3. The number of aryl methyl sites for hydroxylation is 1. The van der Waals surface area contributed by atoms with Gasteiger partial charge in [-0.15, -0.1) is 0 Å². The molecule has 96 valence electrons. The summed E-state index contributed by atoms with van der Waals surface area (Å²) in [6.07, 6.45) is 2.51. The lowest BCUT2D eigenvalue weighted by Gasteiger charge is -2.06. The molecule has 0 saturated carbocycles. The minimum atomic E-state index is -0.346. The van der Waals surface area contributed by atoms with E-state index in [0.717, 1.165) is 27.5 Å². The van der Waals surface area contributed by atoms with E-state index >= 15 is 0 Å². The van der Waals surface area contributed by atoms with E-state index in [2.05, 4.69) is 9.97 Å². The van der Waals surface area contributed by atoms with Crippen molar-refractivity contribution in [1.82, 2.24) is 9.97 Å². The number of ether oxygens (including phenoxy) is 1. The van der Waals surface area contributed by atoms with Crippen LogP contribution in [-0.4, -0.2) is 23.0 Å². The normalized spacial score (nSPS) is 11.1. The van der Waals surface area contributed by atoms with Gasteiger partial charge in [-0.3, -0.25) is 4.98 Å². The third kappa shape index (κ3) is 1.68. The van der Waals surface area contributed by atoms with E-state index in [0.29, 0.717) is 12.0 Å². The summed E-state index contributed by atoms with van der Waals surface area (Å²) >= 11 is 0. The number of aromatic nitrogens is 2. The Morgan fingerprint density at radius 2 is 2.11 bits per heavy atom. The summed E-state index contributed by atoms with van der Waals surface area (Å²) in [5.41, 5.74) is 3.10. The lowest BCUT2D eigenvalue weighted by Crippen LogP contribution is -2.08. The zero-order valence-electron chi connectivity index (χ0n) is 10.9. The van der Waals surface area contributed by atoms with Crippen LogP contribution in [-0.2, 0) is 11.2 Å². The average molecular weight is 254 g/mol. The number of benzene rings is 1. The number of carbonyl (C=O) groups is 1. The summed E-state index contributed by atoms with van der Waals surface area (Å²) in [6.45, 7) is 1.98. The van der Waals surface area contributed by atoms with Gasteiger partial charge in [-0.2, -0.15) is 0 Å². The number of nitrogens with one attached hydrogen (secondary N) is 1. The molecule has 0 unspecified atom stereocenters. The van der Waals surface area contributed by atoms with Crippen LogP contribution in [0.4, 0.5) is 0 Å². The van der Waals surface area contributed by atoms with Crippen LogP contribution >= 0.6 is 0 Å². The van der Waals surface area contributed by atoms with Crippen molar-refractivity contribution in [2.45, 2.75) is 13.3 Å². The lowest BCUT2D eigenvalue weighted by atomic mass is 10.1. The predicted octanol–water partition coefficient (Wildman–Crippen LogP) is 3.07. The quantitative estimate of drug-likeness (QED) is 0.715. The Kier molecular flexibility index (Phi) is 2.71. The van der Waals surface area contributed by atoms with Gasteiger partial charge >= 0.3 is 5.97 Å². The van der Waals surface area contributed by atoms with Crippen molar-refractivity contribution < 1.29 is 9.53 Å². The maximum absolute atomic E-state index is 12.0. The van der Waals surface area contributed by atoms with Gasteiger partial charge in [0.2, 0.25) is 0 Å². The Balaban J connectivity index is 2.45. The number of methoxy groups -OCH3 is 1. The van der Waals surface area contributed by atoms with Crippen LogP contribution in [0.15, 0.2) is 30.5 Å². The monoisotopic (exact) mass is 254 g/mol. The maximum Gasteiger partial charge on any atom is 0.341 e. The summed E-state index contributed by atoms with van der Waals surface area (Å²) in [6, 6.07) is 7.94. The van der Waals surface area contributed by atoms with Crippen molar-refractivity contribution in [3.05, 3.63) is 41.7 Å². The molecule has 0 aliphatic carbocycles. The minimum absolute atomic E-state index is 0.346. The molecule has 0 aliphatic rings. The van der Waals surface area contributed by atoms with E-state index in [1.807, 2.05) is 37.4 Å². The highest BCUT2D eigenvalue weighted by Crippen LogP contribution is 2.28. The number of pyridine rings is 1. The highest BCUT2D eigenvalue weighted by atomic mass is 16.5. The molecule has 3 aromatic rings. The van der Waals surface area contributed by atoms with Crippen LogP contribution < -0.4 is 0 Å². The second-order valence-electron chi connectivity index (χ2n) is 4.38. The van der Waals surface area contributed by atoms with Crippen molar-refractivity contribution in [3.8, 4) is 0 Å². The van der Waals surface area contributed by atoms with Gasteiger partial charge in [-0.05, 0) is 12.5 Å². The first-order valence-corrected chi connectivity index (χ1v) is 6.22. The van der Waals surface area contributed by atoms with Crippen LogP contribution in [0.5, 0.6) is 0 Å². The second kappa shape index (κ2) is 4.39. The van der Waals surface area contributed by atoms with Gasteiger partial charge in [0, 0.05) is 22.5 Å². The number of rotatable bonds is 2. The zero-order valence-corrected chi connectivity index (χ0v) is 10.9. The number of H-pyrrole nitrogens is 1. The molecule has 0 radical (unpaired) electrons. The fourth-order valence-electron chi connectivity index (χ4n) is 2.44. The molecule has 1 aromatic carbocycles. The van der Waals surface area contributed by atoms with E-state index in [1.165, 1.54) is 7.11 Å². The van der Waals surface area contributed by atoms with Crippen molar-refractivity contribution >= 4 is 27.8 Å². The molecule has 3 rings (SSSR count). The predicted molar refractivity (Wildman–Crippen MR) is 74.3 cm³/mol. The number of carbonyl (C=O) groups excluding carboxylic acids is 1. The maximum atomic E-state index is 12.0. The van der Waals surface area contributed by atoms with Gasteiger partial charge in [0.25, 0.3) is 0 Å². The summed E-state index contributed by atoms with van der Waals surface area (Å²) in [5, 5.41) is 2.02. The standard InChI is InChI=1S/C15H14N2O2/c1-3-11-13(15(18)19-2)14-10(8-16-11)9-6-4-5-7-12(9)17-14/h4-8,17H,3H2,1-2H3. The summed E-state index contributed by atoms with van der Waals surface area (Å²) in [4.78, 5) is 19.7. The Hall–Kier alpha value is -2.36. The third-order valence-electron chi connectivity index (χ3n) is 3.36. The van der Waals surface area contributed by atoms with Crippen LogP contribution in [0.3, 0.4) is 0 Å². The molecule has 0 atom stereocenters. The highest BCUT2D eigenvalue weighted by molar-refractivity contribution is 6.14. The van der Waals surface area contributed by atoms with Crippen molar-refractivity contribution in [3.63, 3.8) is 0 Å². The Morgan fingerprint density at radius 1 is 1.32 bits per heavy atom. The van der Waals surface area contributed by atoms with E-state index in [1.54, 1.807) is 0 Å². The molecule has 19 heavy (non-hydrogen) atoms. The number of para-hydroxylation sites is 1. The van der Waals surface area contributed by atoms with Crippen molar-refractivity contribution in [2.75, 3.05) is 7.11 Å². The second-order valence-corrected chi connectivity index (χ2v) is 4.38. The van der Waals surface area contributed by atoms with Gasteiger partial charge in [0.05, 0.1) is 18.3 Å². The number of hydrogen-bond acceptors (Lipinski definition) is 3. The largest absolute Gasteiger partial charge is 0.465 e. The minimum Gasteiger partial charge on any atom is -0.465 e.